The summed E-state index contributed by atoms with van der Waals surface area (Å²) in [5.74, 6) is 0.589. The summed E-state index contributed by atoms with van der Waals surface area (Å²) in [7, 11) is 2.68. The van der Waals surface area contributed by atoms with Gasteiger partial charge in [-0.15, -0.1) is 0 Å². The molecule has 146 valence electrons. The molecule has 0 amide bonds. The SMILES string of the molecule is CC(C)C=O.CNc1nc2c(ncn2C2CCC(CO)O2)c(=O)[nH]1.CO. The zero-order valence-corrected chi connectivity index (χ0v) is 15.5. The minimum Gasteiger partial charge on any atom is -0.400 e. The van der Waals surface area contributed by atoms with Crippen molar-refractivity contribution in [2.75, 3.05) is 26.1 Å². The molecule has 0 bridgehead atoms. The minimum absolute atomic E-state index is 0.00108. The van der Waals surface area contributed by atoms with Crippen molar-refractivity contribution in [2.45, 2.75) is 39.0 Å². The van der Waals surface area contributed by atoms with Gasteiger partial charge in [-0.1, -0.05) is 13.8 Å². The van der Waals surface area contributed by atoms with Crippen LogP contribution in [0.2, 0.25) is 0 Å². The van der Waals surface area contributed by atoms with Crippen molar-refractivity contribution in [2.24, 2.45) is 5.92 Å². The van der Waals surface area contributed by atoms with E-state index in [1.54, 1.807) is 17.9 Å². The zero-order chi connectivity index (χ0) is 19.7. The van der Waals surface area contributed by atoms with E-state index in [-0.39, 0.29) is 35.9 Å². The summed E-state index contributed by atoms with van der Waals surface area (Å²) >= 11 is 0. The lowest BCUT2D eigenvalue weighted by Crippen LogP contribution is -2.16. The summed E-state index contributed by atoms with van der Waals surface area (Å²) in [4.78, 5) is 32.3. The van der Waals surface area contributed by atoms with Gasteiger partial charge in [0.15, 0.2) is 11.2 Å². The molecular weight excluding hydrogens is 342 g/mol. The number of carbonyl (C=O) groups excluding carboxylic acids is 1. The molecule has 0 aliphatic carbocycles. The maximum Gasteiger partial charge on any atom is 0.280 e. The predicted octanol–water partition coefficient (Wildman–Crippen LogP) is 0.281. The molecular formula is C16H27N5O5. The normalized spacial score (nSPS) is 18.7. The fraction of sp³-hybridized carbons (Fsp3) is 0.625. The number of anilines is 1. The first kappa shape index (κ1) is 21.7. The summed E-state index contributed by atoms with van der Waals surface area (Å²) in [6.07, 6.45) is 3.62. The zero-order valence-electron chi connectivity index (χ0n) is 15.5. The van der Waals surface area contributed by atoms with Gasteiger partial charge in [0.1, 0.15) is 12.5 Å². The van der Waals surface area contributed by atoms with Gasteiger partial charge in [0.25, 0.3) is 5.56 Å². The Balaban J connectivity index is 0.000000420. The Morgan fingerprint density at radius 1 is 1.46 bits per heavy atom. The standard InChI is InChI=1S/C11H15N5O3.C4H8O.CH4O/c1-12-11-14-9-8(10(18)15-11)13-5-16(9)7-3-2-6(4-17)19-7;1-4(2)3-5;1-2/h5-7,17H,2-4H2,1H3,(H2,12,14,15,18);3-4H,1-2H3;2H,1H3. The van der Waals surface area contributed by atoms with Crippen LogP contribution in [0.5, 0.6) is 0 Å². The number of nitrogens with zero attached hydrogens (tertiary/aromatic N) is 3. The fourth-order valence-corrected chi connectivity index (χ4v) is 2.28. The molecule has 2 unspecified atom stereocenters. The Labute approximate surface area is 151 Å². The third-order valence-corrected chi connectivity index (χ3v) is 3.54. The quantitative estimate of drug-likeness (QED) is 0.563. The van der Waals surface area contributed by atoms with E-state index in [1.165, 1.54) is 0 Å². The molecule has 1 aliphatic rings. The van der Waals surface area contributed by atoms with Crippen LogP contribution in [0.15, 0.2) is 11.1 Å². The lowest BCUT2D eigenvalue weighted by Gasteiger charge is -2.13. The van der Waals surface area contributed by atoms with Gasteiger partial charge < -0.3 is 25.1 Å². The third-order valence-electron chi connectivity index (χ3n) is 3.54. The van der Waals surface area contributed by atoms with E-state index in [0.29, 0.717) is 11.6 Å². The molecule has 0 aromatic carbocycles. The molecule has 10 heteroatoms. The number of aromatic amines is 1. The molecule has 0 saturated carbocycles. The number of H-pyrrole nitrogens is 1. The number of hydrogen-bond donors (Lipinski definition) is 4. The Kier molecular flexibility index (Phi) is 8.90. The highest BCUT2D eigenvalue weighted by Crippen LogP contribution is 2.29. The van der Waals surface area contributed by atoms with E-state index in [9.17, 15) is 9.59 Å². The number of rotatable bonds is 4. The van der Waals surface area contributed by atoms with Crippen molar-refractivity contribution in [3.8, 4) is 0 Å². The number of hydrogen-bond acceptors (Lipinski definition) is 8. The molecule has 2 aromatic heterocycles. The Morgan fingerprint density at radius 3 is 2.62 bits per heavy atom. The van der Waals surface area contributed by atoms with E-state index in [4.69, 9.17) is 14.9 Å². The maximum atomic E-state index is 11.8. The van der Waals surface area contributed by atoms with E-state index < -0.39 is 0 Å². The van der Waals surface area contributed by atoms with Crippen LogP contribution in [0.25, 0.3) is 11.2 Å². The Bertz CT molecular complexity index is 742. The lowest BCUT2D eigenvalue weighted by atomic mass is 10.2. The van der Waals surface area contributed by atoms with Gasteiger partial charge in [-0.25, -0.2) is 4.98 Å². The number of imidazole rings is 1. The summed E-state index contributed by atoms with van der Waals surface area (Å²) < 4.78 is 7.41. The molecule has 4 N–H and O–H groups in total. The van der Waals surface area contributed by atoms with E-state index in [1.807, 2.05) is 13.8 Å². The van der Waals surface area contributed by atoms with Crippen LogP contribution < -0.4 is 10.9 Å². The second-order valence-electron chi connectivity index (χ2n) is 5.84. The Morgan fingerprint density at radius 2 is 2.12 bits per heavy atom. The van der Waals surface area contributed by atoms with Crippen molar-refractivity contribution in [3.05, 3.63) is 16.7 Å². The molecule has 1 saturated heterocycles. The van der Waals surface area contributed by atoms with Gasteiger partial charge in [-0.3, -0.25) is 14.3 Å². The van der Waals surface area contributed by atoms with Crippen LogP contribution in [-0.4, -0.2) is 62.9 Å². The molecule has 26 heavy (non-hydrogen) atoms. The molecule has 3 heterocycles. The smallest absolute Gasteiger partial charge is 0.280 e. The number of aldehydes is 1. The van der Waals surface area contributed by atoms with Gasteiger partial charge in [0.05, 0.1) is 19.0 Å². The maximum absolute atomic E-state index is 11.8. The van der Waals surface area contributed by atoms with Crippen molar-refractivity contribution in [3.63, 3.8) is 0 Å². The van der Waals surface area contributed by atoms with Crippen LogP contribution in [0.1, 0.15) is 32.9 Å². The number of ether oxygens (including phenoxy) is 1. The largest absolute Gasteiger partial charge is 0.400 e. The molecule has 3 rings (SSSR count). The second-order valence-corrected chi connectivity index (χ2v) is 5.84. The van der Waals surface area contributed by atoms with E-state index in [0.717, 1.165) is 26.2 Å². The number of aromatic nitrogens is 4. The highest BCUT2D eigenvalue weighted by molar-refractivity contribution is 5.70. The average Bonchev–Trinajstić information content (AvgIpc) is 3.30. The van der Waals surface area contributed by atoms with Crippen molar-refractivity contribution >= 4 is 23.4 Å². The third kappa shape index (κ3) is 5.35. The van der Waals surface area contributed by atoms with E-state index >= 15 is 0 Å². The number of nitrogens with one attached hydrogen (secondary N) is 2. The molecule has 10 nitrogen and oxygen atoms in total. The van der Waals surface area contributed by atoms with Gasteiger partial charge in [-0.05, 0) is 12.8 Å². The first-order valence-corrected chi connectivity index (χ1v) is 8.31. The summed E-state index contributed by atoms with van der Waals surface area (Å²) in [6.45, 7) is 3.71. The first-order chi connectivity index (χ1) is 12.5. The van der Waals surface area contributed by atoms with Crippen molar-refractivity contribution in [1.82, 2.24) is 19.5 Å². The molecule has 0 radical (unpaired) electrons. The molecule has 0 spiro atoms. The molecule has 1 fully saturated rings. The van der Waals surface area contributed by atoms with Gasteiger partial charge >= 0.3 is 0 Å². The van der Waals surface area contributed by atoms with Crippen molar-refractivity contribution < 1.29 is 19.7 Å². The van der Waals surface area contributed by atoms with Crippen LogP contribution in [0.3, 0.4) is 0 Å². The van der Waals surface area contributed by atoms with Gasteiger partial charge in [0.2, 0.25) is 5.95 Å². The molecule has 2 atom stereocenters. The minimum atomic E-state index is -0.287. The van der Waals surface area contributed by atoms with Crippen LogP contribution in [-0.2, 0) is 9.53 Å². The highest BCUT2D eigenvalue weighted by Gasteiger charge is 2.27. The number of aliphatic hydroxyl groups excluding tert-OH is 2. The molecule has 1 aliphatic heterocycles. The van der Waals surface area contributed by atoms with Gasteiger partial charge in [0, 0.05) is 20.1 Å². The topological polar surface area (TPSA) is 142 Å². The number of aliphatic hydroxyl groups is 2. The van der Waals surface area contributed by atoms with Crippen molar-refractivity contribution in [1.29, 1.82) is 0 Å². The highest BCUT2D eigenvalue weighted by atomic mass is 16.5. The summed E-state index contributed by atoms with van der Waals surface area (Å²) in [6, 6.07) is 0. The van der Waals surface area contributed by atoms with Crippen LogP contribution in [0, 0.1) is 5.92 Å². The number of fused-ring (bicyclic) bond motifs is 1. The first-order valence-electron chi connectivity index (χ1n) is 8.31. The Hall–Kier alpha value is -2.30. The monoisotopic (exact) mass is 369 g/mol. The molecule has 2 aromatic rings. The van der Waals surface area contributed by atoms with Crippen LogP contribution >= 0.6 is 0 Å². The summed E-state index contributed by atoms with van der Waals surface area (Å²) in [5.41, 5.74) is 0.483. The van der Waals surface area contributed by atoms with E-state index in [2.05, 4.69) is 20.3 Å². The fourth-order valence-electron chi connectivity index (χ4n) is 2.28. The lowest BCUT2D eigenvalue weighted by molar-refractivity contribution is -0.110. The number of carbonyl (C=O) groups is 1. The average molecular weight is 369 g/mol. The van der Waals surface area contributed by atoms with Gasteiger partial charge in [-0.2, -0.15) is 4.98 Å². The second kappa shape index (κ2) is 10.6. The predicted molar refractivity (Wildman–Crippen MR) is 97.0 cm³/mol. The summed E-state index contributed by atoms with van der Waals surface area (Å²) in [5, 5.41) is 18.9. The van der Waals surface area contributed by atoms with Crippen LogP contribution in [0.4, 0.5) is 5.95 Å².